The smallest absolute Gasteiger partial charge is 0.254 e. The number of aromatic nitrogens is 1. The Labute approximate surface area is 160 Å². The van der Waals surface area contributed by atoms with E-state index in [9.17, 15) is 4.79 Å². The van der Waals surface area contributed by atoms with Crippen molar-refractivity contribution >= 4 is 11.6 Å². The van der Waals surface area contributed by atoms with E-state index in [4.69, 9.17) is 9.47 Å². The highest BCUT2D eigenvalue weighted by Gasteiger charge is 2.30. The fourth-order valence-electron chi connectivity index (χ4n) is 4.18. The number of fused-ring (bicyclic) bond motifs is 1. The predicted molar refractivity (Wildman–Crippen MR) is 105 cm³/mol. The third kappa shape index (κ3) is 3.30. The highest BCUT2D eigenvalue weighted by molar-refractivity contribution is 5.96. The molecule has 1 amide bonds. The lowest BCUT2D eigenvalue weighted by Crippen LogP contribution is -2.42. The summed E-state index contributed by atoms with van der Waals surface area (Å²) in [7, 11) is 1.67. The summed E-state index contributed by atoms with van der Waals surface area (Å²) in [6, 6.07) is 10.1. The second-order valence-corrected chi connectivity index (χ2v) is 7.04. The largest absolute Gasteiger partial charge is 0.495 e. The Morgan fingerprint density at radius 2 is 2.00 bits per heavy atom. The quantitative estimate of drug-likeness (QED) is 0.831. The first-order valence-electron chi connectivity index (χ1n) is 9.69. The third-order valence-electron chi connectivity index (χ3n) is 5.59. The number of carbonyl (C=O) groups is 1. The molecule has 1 saturated heterocycles. The molecule has 0 radical (unpaired) electrons. The average Bonchev–Trinajstić information content (AvgIpc) is 3.21. The Bertz CT molecular complexity index is 811. The van der Waals surface area contributed by atoms with Crippen LogP contribution in [0, 0.1) is 0 Å². The van der Waals surface area contributed by atoms with E-state index in [1.54, 1.807) is 7.11 Å². The third-order valence-corrected chi connectivity index (χ3v) is 5.59. The minimum atomic E-state index is 0.0893. The van der Waals surface area contributed by atoms with Crippen molar-refractivity contribution in [2.45, 2.75) is 25.9 Å². The first-order chi connectivity index (χ1) is 13.2. The van der Waals surface area contributed by atoms with Gasteiger partial charge in [-0.3, -0.25) is 4.79 Å². The molecule has 144 valence electrons. The molecule has 1 aromatic heterocycles. The maximum Gasteiger partial charge on any atom is 0.254 e. The van der Waals surface area contributed by atoms with Gasteiger partial charge >= 0.3 is 0 Å². The van der Waals surface area contributed by atoms with Gasteiger partial charge in [0.1, 0.15) is 5.75 Å². The molecule has 0 bridgehead atoms. The van der Waals surface area contributed by atoms with Gasteiger partial charge in [0.15, 0.2) is 0 Å². The van der Waals surface area contributed by atoms with Gasteiger partial charge in [-0.05, 0) is 36.8 Å². The van der Waals surface area contributed by atoms with Gasteiger partial charge in [-0.25, -0.2) is 0 Å². The van der Waals surface area contributed by atoms with Gasteiger partial charge in [0.25, 0.3) is 5.91 Å². The van der Waals surface area contributed by atoms with Gasteiger partial charge in [0.05, 0.1) is 32.1 Å². The molecule has 2 aliphatic heterocycles. The van der Waals surface area contributed by atoms with E-state index < -0.39 is 0 Å². The molecular weight excluding hydrogens is 342 g/mol. The van der Waals surface area contributed by atoms with Crippen LogP contribution in [0.2, 0.25) is 0 Å². The summed E-state index contributed by atoms with van der Waals surface area (Å²) in [4.78, 5) is 17.6. The Kier molecular flexibility index (Phi) is 5.07. The van der Waals surface area contributed by atoms with E-state index in [0.29, 0.717) is 13.2 Å². The number of ether oxygens (including phenoxy) is 2. The van der Waals surface area contributed by atoms with Crippen LogP contribution in [0.1, 0.15) is 35.4 Å². The lowest BCUT2D eigenvalue weighted by molar-refractivity contribution is 0.0618. The Balaban J connectivity index is 1.63. The molecule has 1 unspecified atom stereocenters. The Morgan fingerprint density at radius 1 is 1.19 bits per heavy atom. The van der Waals surface area contributed by atoms with Crippen LogP contribution < -0.4 is 9.64 Å². The number of hydrogen-bond acceptors (Lipinski definition) is 4. The minimum Gasteiger partial charge on any atom is -0.495 e. The fourth-order valence-corrected chi connectivity index (χ4v) is 4.18. The van der Waals surface area contributed by atoms with Crippen LogP contribution in [0.15, 0.2) is 36.5 Å². The number of nitrogens with zero attached hydrogens (tertiary/aromatic N) is 3. The van der Waals surface area contributed by atoms with E-state index in [2.05, 4.69) is 34.7 Å². The van der Waals surface area contributed by atoms with Crippen molar-refractivity contribution in [3.63, 3.8) is 0 Å². The summed E-state index contributed by atoms with van der Waals surface area (Å²) in [5.41, 5.74) is 2.91. The molecule has 6 nitrogen and oxygen atoms in total. The van der Waals surface area contributed by atoms with Crippen molar-refractivity contribution in [1.82, 2.24) is 9.47 Å². The number of benzene rings is 1. The predicted octanol–water partition coefficient (Wildman–Crippen LogP) is 2.94. The van der Waals surface area contributed by atoms with Crippen LogP contribution in [-0.4, -0.2) is 55.3 Å². The van der Waals surface area contributed by atoms with Gasteiger partial charge < -0.3 is 23.8 Å². The Hall–Kier alpha value is -2.47. The standard InChI is InChI=1S/C21H27N3O3/c1-3-17-18-5-4-8-22(18)9-10-24(17)21(25)16-6-7-20(26-2)19(15-16)23-11-13-27-14-12-23/h4-8,15,17H,3,9-14H2,1-2H3. The van der Waals surface area contributed by atoms with E-state index in [1.807, 2.05) is 23.1 Å². The molecule has 27 heavy (non-hydrogen) atoms. The Morgan fingerprint density at radius 3 is 2.74 bits per heavy atom. The zero-order valence-electron chi connectivity index (χ0n) is 16.1. The topological polar surface area (TPSA) is 46.9 Å². The molecule has 2 aliphatic rings. The number of rotatable bonds is 4. The summed E-state index contributed by atoms with van der Waals surface area (Å²) in [6.07, 6.45) is 3.01. The maximum atomic E-state index is 13.4. The number of hydrogen-bond donors (Lipinski definition) is 0. The summed E-state index contributed by atoms with van der Waals surface area (Å²) in [5.74, 6) is 0.888. The SMILES string of the molecule is CCC1c2cccn2CCN1C(=O)c1ccc(OC)c(N2CCOCC2)c1. The fraction of sp³-hybridized carbons (Fsp3) is 0.476. The van der Waals surface area contributed by atoms with Crippen LogP contribution in [0.4, 0.5) is 5.69 Å². The molecule has 4 rings (SSSR count). The molecule has 0 N–H and O–H groups in total. The second kappa shape index (κ2) is 7.64. The van der Waals surface area contributed by atoms with Crippen molar-refractivity contribution in [2.75, 3.05) is 44.9 Å². The van der Waals surface area contributed by atoms with Crippen LogP contribution >= 0.6 is 0 Å². The van der Waals surface area contributed by atoms with E-state index in [-0.39, 0.29) is 11.9 Å². The van der Waals surface area contributed by atoms with E-state index in [1.165, 1.54) is 5.69 Å². The number of methoxy groups -OCH3 is 1. The average molecular weight is 369 g/mol. The lowest BCUT2D eigenvalue weighted by atomic mass is 10.0. The monoisotopic (exact) mass is 369 g/mol. The number of morpholine rings is 1. The normalized spacial score (nSPS) is 19.7. The van der Waals surface area contributed by atoms with Gasteiger partial charge in [0, 0.05) is 43.6 Å². The highest BCUT2D eigenvalue weighted by atomic mass is 16.5. The zero-order valence-corrected chi connectivity index (χ0v) is 16.1. The molecule has 3 heterocycles. The number of anilines is 1. The van der Waals surface area contributed by atoms with Crippen molar-refractivity contribution in [3.05, 3.63) is 47.8 Å². The summed E-state index contributed by atoms with van der Waals surface area (Å²) < 4.78 is 13.3. The molecule has 2 aromatic rings. The number of amides is 1. The summed E-state index contributed by atoms with van der Waals surface area (Å²) in [6.45, 7) is 6.73. The van der Waals surface area contributed by atoms with Gasteiger partial charge in [-0.2, -0.15) is 0 Å². The minimum absolute atomic E-state index is 0.0893. The van der Waals surface area contributed by atoms with Crippen LogP contribution in [-0.2, 0) is 11.3 Å². The maximum absolute atomic E-state index is 13.4. The first kappa shape index (κ1) is 17.9. The van der Waals surface area contributed by atoms with Gasteiger partial charge in [-0.15, -0.1) is 0 Å². The zero-order chi connectivity index (χ0) is 18.8. The first-order valence-corrected chi connectivity index (χ1v) is 9.69. The summed E-state index contributed by atoms with van der Waals surface area (Å²) >= 11 is 0. The summed E-state index contributed by atoms with van der Waals surface area (Å²) in [5, 5.41) is 0. The highest BCUT2D eigenvalue weighted by Crippen LogP contribution is 2.33. The molecule has 1 aromatic carbocycles. The van der Waals surface area contributed by atoms with Crippen molar-refractivity contribution in [1.29, 1.82) is 0 Å². The van der Waals surface area contributed by atoms with Crippen molar-refractivity contribution < 1.29 is 14.3 Å². The van der Waals surface area contributed by atoms with Crippen LogP contribution in [0.25, 0.3) is 0 Å². The molecule has 0 saturated carbocycles. The molecule has 0 spiro atoms. The van der Waals surface area contributed by atoms with Crippen LogP contribution in [0.3, 0.4) is 0 Å². The molecule has 1 atom stereocenters. The second-order valence-electron chi connectivity index (χ2n) is 7.04. The van der Waals surface area contributed by atoms with Crippen molar-refractivity contribution in [2.24, 2.45) is 0 Å². The van der Waals surface area contributed by atoms with Gasteiger partial charge in [0.2, 0.25) is 0 Å². The molecule has 6 heteroatoms. The molecule has 0 aliphatic carbocycles. The van der Waals surface area contributed by atoms with Gasteiger partial charge in [-0.1, -0.05) is 6.92 Å². The van der Waals surface area contributed by atoms with E-state index in [0.717, 1.165) is 49.6 Å². The number of carbonyl (C=O) groups excluding carboxylic acids is 1. The van der Waals surface area contributed by atoms with Crippen molar-refractivity contribution in [3.8, 4) is 5.75 Å². The van der Waals surface area contributed by atoms with Crippen LogP contribution in [0.5, 0.6) is 5.75 Å². The molecule has 1 fully saturated rings. The molecular formula is C21H27N3O3. The lowest BCUT2D eigenvalue weighted by Gasteiger charge is -2.37. The van der Waals surface area contributed by atoms with E-state index >= 15 is 0 Å².